The van der Waals surface area contributed by atoms with Gasteiger partial charge in [-0.1, -0.05) is 6.07 Å². The number of halogens is 5. The Bertz CT molecular complexity index is 436. The smallest absolute Gasteiger partial charge is 0.294 e. The quantitative estimate of drug-likeness (QED) is 0.590. The second kappa shape index (κ2) is 4.81. The van der Waals surface area contributed by atoms with E-state index in [-0.39, 0.29) is 5.56 Å². The van der Waals surface area contributed by atoms with E-state index in [9.17, 15) is 26.7 Å². The zero-order valence-corrected chi connectivity index (χ0v) is 8.87. The molecule has 0 spiro atoms. The van der Waals surface area contributed by atoms with Gasteiger partial charge in [0.15, 0.2) is 17.4 Å². The minimum atomic E-state index is -4.49. The van der Waals surface area contributed by atoms with Crippen molar-refractivity contribution in [1.29, 1.82) is 0 Å². The van der Waals surface area contributed by atoms with Crippen molar-refractivity contribution in [3.05, 3.63) is 34.9 Å². The van der Waals surface area contributed by atoms with Gasteiger partial charge in [-0.05, 0) is 18.6 Å². The minimum Gasteiger partial charge on any atom is -0.294 e. The largest absolute Gasteiger partial charge is 0.389 e. The molecule has 0 aliphatic carbocycles. The van der Waals surface area contributed by atoms with Crippen molar-refractivity contribution in [3.63, 3.8) is 0 Å². The highest BCUT2D eigenvalue weighted by Crippen LogP contribution is 2.24. The number of carbonyl (C=O) groups is 1. The van der Waals surface area contributed by atoms with Gasteiger partial charge in [0, 0.05) is 6.42 Å². The predicted molar refractivity (Wildman–Crippen MR) is 50.7 cm³/mol. The SMILES string of the molecule is Cc1ccc(C(=O)CCC(F)(F)F)c(F)c1F. The zero-order valence-electron chi connectivity index (χ0n) is 8.87. The van der Waals surface area contributed by atoms with E-state index in [2.05, 4.69) is 0 Å². The molecule has 17 heavy (non-hydrogen) atoms. The average molecular weight is 252 g/mol. The van der Waals surface area contributed by atoms with Gasteiger partial charge in [0.2, 0.25) is 0 Å². The fraction of sp³-hybridized carbons (Fsp3) is 0.364. The molecule has 0 saturated heterocycles. The summed E-state index contributed by atoms with van der Waals surface area (Å²) in [5.41, 5.74) is -0.646. The van der Waals surface area contributed by atoms with Crippen LogP contribution in [0.4, 0.5) is 22.0 Å². The van der Waals surface area contributed by atoms with Gasteiger partial charge < -0.3 is 0 Å². The van der Waals surface area contributed by atoms with Gasteiger partial charge in [0.25, 0.3) is 0 Å². The van der Waals surface area contributed by atoms with Crippen molar-refractivity contribution in [1.82, 2.24) is 0 Å². The van der Waals surface area contributed by atoms with E-state index in [4.69, 9.17) is 0 Å². The number of aryl methyl sites for hydroxylation is 1. The van der Waals surface area contributed by atoms with Crippen LogP contribution in [0.2, 0.25) is 0 Å². The van der Waals surface area contributed by atoms with Crippen LogP contribution in [0.25, 0.3) is 0 Å². The van der Waals surface area contributed by atoms with Crippen LogP contribution in [0.15, 0.2) is 12.1 Å². The highest BCUT2D eigenvalue weighted by molar-refractivity contribution is 5.96. The molecular weight excluding hydrogens is 243 g/mol. The molecule has 0 amide bonds. The second-order valence-corrected chi connectivity index (χ2v) is 3.60. The molecule has 0 unspecified atom stereocenters. The van der Waals surface area contributed by atoms with E-state index in [0.29, 0.717) is 0 Å². The molecule has 0 aliphatic heterocycles. The molecule has 94 valence electrons. The number of Topliss-reactive ketones (excluding diaryl/α,β-unsaturated/α-hetero) is 1. The Morgan fingerprint density at radius 3 is 2.29 bits per heavy atom. The van der Waals surface area contributed by atoms with Crippen LogP contribution in [-0.4, -0.2) is 12.0 Å². The average Bonchev–Trinajstić information content (AvgIpc) is 2.22. The fourth-order valence-corrected chi connectivity index (χ4v) is 1.25. The Labute approximate surface area is 94.2 Å². The summed E-state index contributed by atoms with van der Waals surface area (Å²) in [5.74, 6) is -3.65. The lowest BCUT2D eigenvalue weighted by Gasteiger charge is -2.07. The van der Waals surface area contributed by atoms with Crippen molar-refractivity contribution in [2.24, 2.45) is 0 Å². The number of ketones is 1. The van der Waals surface area contributed by atoms with Crippen LogP contribution in [0.1, 0.15) is 28.8 Å². The molecule has 0 aromatic heterocycles. The molecule has 1 rings (SSSR count). The van der Waals surface area contributed by atoms with Crippen LogP contribution in [0.5, 0.6) is 0 Å². The van der Waals surface area contributed by atoms with E-state index >= 15 is 0 Å². The molecule has 0 fully saturated rings. The third-order valence-electron chi connectivity index (χ3n) is 2.21. The Balaban J connectivity index is 2.87. The van der Waals surface area contributed by atoms with Gasteiger partial charge in [-0.3, -0.25) is 4.79 Å². The monoisotopic (exact) mass is 252 g/mol. The fourth-order valence-electron chi connectivity index (χ4n) is 1.25. The van der Waals surface area contributed by atoms with Crippen molar-refractivity contribution >= 4 is 5.78 Å². The lowest BCUT2D eigenvalue weighted by molar-refractivity contribution is -0.133. The van der Waals surface area contributed by atoms with E-state index in [1.165, 1.54) is 6.92 Å². The maximum absolute atomic E-state index is 13.3. The molecule has 0 bridgehead atoms. The Morgan fingerprint density at radius 2 is 1.76 bits per heavy atom. The number of hydrogen-bond acceptors (Lipinski definition) is 1. The molecule has 0 N–H and O–H groups in total. The molecule has 0 aliphatic rings. The van der Waals surface area contributed by atoms with Gasteiger partial charge >= 0.3 is 6.18 Å². The zero-order chi connectivity index (χ0) is 13.2. The summed E-state index contributed by atoms with van der Waals surface area (Å²) in [4.78, 5) is 11.3. The number of hydrogen-bond donors (Lipinski definition) is 0. The van der Waals surface area contributed by atoms with Crippen LogP contribution in [0, 0.1) is 18.6 Å². The summed E-state index contributed by atoms with van der Waals surface area (Å²) in [6.07, 6.45) is -6.72. The predicted octanol–water partition coefficient (Wildman–Crippen LogP) is 3.80. The van der Waals surface area contributed by atoms with Crippen molar-refractivity contribution < 1.29 is 26.7 Å². The maximum Gasteiger partial charge on any atom is 0.389 e. The van der Waals surface area contributed by atoms with Gasteiger partial charge in [0.1, 0.15) is 0 Å². The molecular formula is C11H9F5O. The van der Waals surface area contributed by atoms with Crippen molar-refractivity contribution in [2.75, 3.05) is 0 Å². The summed E-state index contributed by atoms with van der Waals surface area (Å²) in [5, 5.41) is 0. The first-order valence-electron chi connectivity index (χ1n) is 4.77. The first kappa shape index (κ1) is 13.6. The highest BCUT2D eigenvalue weighted by Gasteiger charge is 2.29. The second-order valence-electron chi connectivity index (χ2n) is 3.60. The van der Waals surface area contributed by atoms with E-state index in [0.717, 1.165) is 12.1 Å². The van der Waals surface area contributed by atoms with Gasteiger partial charge in [0.05, 0.1) is 12.0 Å². The highest BCUT2D eigenvalue weighted by atomic mass is 19.4. The molecule has 0 atom stereocenters. The summed E-state index contributed by atoms with van der Waals surface area (Å²) in [6, 6.07) is 2.14. The van der Waals surface area contributed by atoms with Gasteiger partial charge in [-0.25, -0.2) is 8.78 Å². The summed E-state index contributed by atoms with van der Waals surface area (Å²) >= 11 is 0. The lowest BCUT2D eigenvalue weighted by atomic mass is 10.0. The molecule has 0 radical (unpaired) electrons. The number of benzene rings is 1. The van der Waals surface area contributed by atoms with Crippen LogP contribution >= 0.6 is 0 Å². The van der Waals surface area contributed by atoms with E-state index in [1.807, 2.05) is 0 Å². The third-order valence-corrected chi connectivity index (χ3v) is 2.21. The number of rotatable bonds is 3. The topological polar surface area (TPSA) is 17.1 Å². The summed E-state index contributed by atoms with van der Waals surface area (Å²) in [6.45, 7) is 1.29. The number of alkyl halides is 3. The molecule has 1 aromatic carbocycles. The third kappa shape index (κ3) is 3.51. The maximum atomic E-state index is 13.3. The standard InChI is InChI=1S/C11H9F5O/c1-6-2-3-7(10(13)9(6)12)8(17)4-5-11(14,15)16/h2-3H,4-5H2,1H3. The van der Waals surface area contributed by atoms with Crippen LogP contribution < -0.4 is 0 Å². The van der Waals surface area contributed by atoms with Crippen molar-refractivity contribution in [3.8, 4) is 0 Å². The van der Waals surface area contributed by atoms with Crippen molar-refractivity contribution in [2.45, 2.75) is 25.9 Å². The first-order valence-corrected chi connectivity index (χ1v) is 4.77. The minimum absolute atomic E-state index is 0.00475. The normalized spacial score (nSPS) is 11.6. The summed E-state index contributed by atoms with van der Waals surface area (Å²) in [7, 11) is 0. The van der Waals surface area contributed by atoms with E-state index < -0.39 is 42.0 Å². The van der Waals surface area contributed by atoms with E-state index in [1.54, 1.807) is 0 Å². The Hall–Kier alpha value is -1.46. The lowest BCUT2D eigenvalue weighted by Crippen LogP contribution is -2.12. The van der Waals surface area contributed by atoms with Gasteiger partial charge in [-0.2, -0.15) is 13.2 Å². The van der Waals surface area contributed by atoms with Gasteiger partial charge in [-0.15, -0.1) is 0 Å². The number of carbonyl (C=O) groups excluding carboxylic acids is 1. The summed E-state index contributed by atoms with van der Waals surface area (Å²) < 4.78 is 61.9. The molecule has 0 heterocycles. The molecule has 6 heteroatoms. The molecule has 1 aromatic rings. The Morgan fingerprint density at radius 1 is 1.18 bits per heavy atom. The first-order chi connectivity index (χ1) is 7.72. The van der Waals surface area contributed by atoms with Crippen LogP contribution in [-0.2, 0) is 0 Å². The molecule has 0 saturated carbocycles. The van der Waals surface area contributed by atoms with Crippen LogP contribution in [0.3, 0.4) is 0 Å². The Kier molecular flexibility index (Phi) is 3.85. The molecule has 1 nitrogen and oxygen atoms in total.